The number of nitrogens with one attached hydrogen (secondary N) is 1. The average Bonchev–Trinajstić information content (AvgIpc) is 2.26. The van der Waals surface area contributed by atoms with Crippen LogP contribution >= 0.6 is 0 Å². The van der Waals surface area contributed by atoms with Crippen LogP contribution in [0.1, 0.15) is 19.4 Å². The molecule has 1 N–H and O–H groups in total. The molecule has 0 aliphatic rings. The Balaban J connectivity index is 2.61. The standard InChI is InChI=1S/C12H21N3/c1-4-13-9-10-15(5-2)12-11(3)7-6-8-14-12/h6-8,13H,4-5,9-10H2,1-3H3. The molecule has 0 spiro atoms. The second-order valence-electron chi connectivity index (χ2n) is 3.58. The summed E-state index contributed by atoms with van der Waals surface area (Å²) < 4.78 is 0. The Hall–Kier alpha value is -1.09. The topological polar surface area (TPSA) is 28.2 Å². The van der Waals surface area contributed by atoms with Crippen LogP contribution in [0, 0.1) is 6.92 Å². The number of pyridine rings is 1. The van der Waals surface area contributed by atoms with Crippen molar-refractivity contribution in [3.05, 3.63) is 23.9 Å². The fourth-order valence-electron chi connectivity index (χ4n) is 1.61. The highest BCUT2D eigenvalue weighted by Gasteiger charge is 2.06. The SMILES string of the molecule is CCNCCN(CC)c1ncccc1C. The lowest BCUT2D eigenvalue weighted by molar-refractivity contribution is 0.683. The predicted molar refractivity (Wildman–Crippen MR) is 65.4 cm³/mol. The monoisotopic (exact) mass is 207 g/mol. The quantitative estimate of drug-likeness (QED) is 0.721. The highest BCUT2D eigenvalue weighted by Crippen LogP contribution is 2.14. The maximum absolute atomic E-state index is 4.43. The summed E-state index contributed by atoms with van der Waals surface area (Å²) in [6.45, 7) is 10.5. The largest absolute Gasteiger partial charge is 0.355 e. The van der Waals surface area contributed by atoms with E-state index in [1.807, 2.05) is 12.3 Å². The van der Waals surface area contributed by atoms with Crippen molar-refractivity contribution >= 4 is 5.82 Å². The molecule has 84 valence electrons. The van der Waals surface area contributed by atoms with Crippen molar-refractivity contribution in [2.45, 2.75) is 20.8 Å². The van der Waals surface area contributed by atoms with Gasteiger partial charge in [-0.25, -0.2) is 4.98 Å². The fourth-order valence-corrected chi connectivity index (χ4v) is 1.61. The van der Waals surface area contributed by atoms with Gasteiger partial charge in [0.1, 0.15) is 5.82 Å². The molecule has 0 aliphatic heterocycles. The van der Waals surface area contributed by atoms with Crippen LogP contribution in [-0.2, 0) is 0 Å². The first kappa shape index (κ1) is 12.0. The molecule has 0 radical (unpaired) electrons. The minimum Gasteiger partial charge on any atom is -0.355 e. The zero-order valence-electron chi connectivity index (χ0n) is 9.95. The second kappa shape index (κ2) is 6.40. The Morgan fingerprint density at radius 2 is 2.20 bits per heavy atom. The molecule has 3 nitrogen and oxygen atoms in total. The van der Waals surface area contributed by atoms with E-state index in [1.165, 1.54) is 5.56 Å². The first-order chi connectivity index (χ1) is 7.29. The van der Waals surface area contributed by atoms with Gasteiger partial charge in [0.2, 0.25) is 0 Å². The Morgan fingerprint density at radius 1 is 1.40 bits per heavy atom. The van der Waals surface area contributed by atoms with Gasteiger partial charge in [0.05, 0.1) is 0 Å². The maximum atomic E-state index is 4.43. The second-order valence-corrected chi connectivity index (χ2v) is 3.58. The van der Waals surface area contributed by atoms with Gasteiger partial charge in [0.25, 0.3) is 0 Å². The lowest BCUT2D eigenvalue weighted by atomic mass is 10.2. The highest BCUT2D eigenvalue weighted by molar-refractivity contribution is 5.45. The van der Waals surface area contributed by atoms with Crippen LogP contribution in [0.2, 0.25) is 0 Å². The van der Waals surface area contributed by atoms with Gasteiger partial charge in [0, 0.05) is 25.8 Å². The molecule has 1 heterocycles. The summed E-state index contributed by atoms with van der Waals surface area (Å²) in [5, 5.41) is 3.33. The van der Waals surface area contributed by atoms with Crippen molar-refractivity contribution in [1.82, 2.24) is 10.3 Å². The lowest BCUT2D eigenvalue weighted by Gasteiger charge is -2.23. The minimum absolute atomic E-state index is 1.00. The number of hydrogen-bond acceptors (Lipinski definition) is 3. The van der Waals surface area contributed by atoms with Gasteiger partial charge in [0.15, 0.2) is 0 Å². The van der Waals surface area contributed by atoms with Gasteiger partial charge >= 0.3 is 0 Å². The zero-order valence-corrected chi connectivity index (χ0v) is 9.95. The van der Waals surface area contributed by atoms with Gasteiger partial charge in [-0.2, -0.15) is 0 Å². The van der Waals surface area contributed by atoms with Crippen molar-refractivity contribution in [2.24, 2.45) is 0 Å². The Bertz CT molecular complexity index is 286. The van der Waals surface area contributed by atoms with Crippen molar-refractivity contribution in [1.29, 1.82) is 0 Å². The smallest absolute Gasteiger partial charge is 0.131 e. The molecule has 0 saturated carbocycles. The zero-order chi connectivity index (χ0) is 11.1. The molecule has 3 heteroatoms. The summed E-state index contributed by atoms with van der Waals surface area (Å²) in [6, 6.07) is 4.09. The molecule has 1 rings (SSSR count). The van der Waals surface area contributed by atoms with E-state index >= 15 is 0 Å². The summed E-state index contributed by atoms with van der Waals surface area (Å²) >= 11 is 0. The number of rotatable bonds is 6. The summed E-state index contributed by atoms with van der Waals surface area (Å²) in [5.41, 5.74) is 1.25. The Kier molecular flexibility index (Phi) is 5.12. The number of hydrogen-bond donors (Lipinski definition) is 1. The molecule has 1 aromatic heterocycles. The number of aromatic nitrogens is 1. The minimum atomic E-state index is 1.00. The summed E-state index contributed by atoms with van der Waals surface area (Å²) in [5.74, 6) is 1.11. The van der Waals surface area contributed by atoms with Crippen molar-refractivity contribution < 1.29 is 0 Å². The van der Waals surface area contributed by atoms with E-state index in [0.717, 1.165) is 32.0 Å². The van der Waals surface area contributed by atoms with Gasteiger partial charge < -0.3 is 10.2 Å². The van der Waals surface area contributed by atoms with E-state index in [1.54, 1.807) is 0 Å². The van der Waals surface area contributed by atoms with Crippen LogP contribution in [-0.4, -0.2) is 31.2 Å². The van der Waals surface area contributed by atoms with Crippen LogP contribution in [0.3, 0.4) is 0 Å². The van der Waals surface area contributed by atoms with E-state index < -0.39 is 0 Å². The van der Waals surface area contributed by atoms with Crippen molar-refractivity contribution in [2.75, 3.05) is 31.1 Å². The summed E-state index contributed by atoms with van der Waals surface area (Å²) in [6.07, 6.45) is 1.86. The molecule has 1 aromatic rings. The van der Waals surface area contributed by atoms with E-state index in [2.05, 4.69) is 42.0 Å². The third-order valence-electron chi connectivity index (χ3n) is 2.47. The van der Waals surface area contributed by atoms with Crippen molar-refractivity contribution in [3.8, 4) is 0 Å². The first-order valence-electron chi connectivity index (χ1n) is 5.66. The third kappa shape index (κ3) is 3.51. The highest BCUT2D eigenvalue weighted by atomic mass is 15.2. The Labute approximate surface area is 92.5 Å². The molecule has 0 saturated heterocycles. The molecule has 0 amide bonds. The summed E-state index contributed by atoms with van der Waals surface area (Å²) in [7, 11) is 0. The summed E-state index contributed by atoms with van der Waals surface area (Å²) in [4.78, 5) is 6.73. The van der Waals surface area contributed by atoms with Crippen LogP contribution in [0.15, 0.2) is 18.3 Å². The molecular formula is C12H21N3. The van der Waals surface area contributed by atoms with Crippen LogP contribution in [0.25, 0.3) is 0 Å². The molecule has 0 fully saturated rings. The third-order valence-corrected chi connectivity index (χ3v) is 2.47. The molecule has 0 unspecified atom stereocenters. The first-order valence-corrected chi connectivity index (χ1v) is 5.66. The molecular weight excluding hydrogens is 186 g/mol. The van der Waals surface area contributed by atoms with Crippen molar-refractivity contribution in [3.63, 3.8) is 0 Å². The van der Waals surface area contributed by atoms with E-state index in [0.29, 0.717) is 0 Å². The molecule has 15 heavy (non-hydrogen) atoms. The number of likely N-dealkylation sites (N-methyl/N-ethyl adjacent to an activating group) is 2. The average molecular weight is 207 g/mol. The lowest BCUT2D eigenvalue weighted by Crippen LogP contribution is -2.32. The van der Waals surface area contributed by atoms with E-state index in [4.69, 9.17) is 0 Å². The number of anilines is 1. The fraction of sp³-hybridized carbons (Fsp3) is 0.583. The molecule has 0 bridgehead atoms. The molecule has 0 aromatic carbocycles. The van der Waals surface area contributed by atoms with Crippen LogP contribution < -0.4 is 10.2 Å². The van der Waals surface area contributed by atoms with Gasteiger partial charge in [-0.15, -0.1) is 0 Å². The number of aryl methyl sites for hydroxylation is 1. The van der Waals surface area contributed by atoms with E-state index in [9.17, 15) is 0 Å². The normalized spacial score (nSPS) is 10.3. The Morgan fingerprint density at radius 3 is 2.80 bits per heavy atom. The van der Waals surface area contributed by atoms with E-state index in [-0.39, 0.29) is 0 Å². The number of nitrogens with zero attached hydrogens (tertiary/aromatic N) is 2. The van der Waals surface area contributed by atoms with Gasteiger partial charge in [-0.1, -0.05) is 13.0 Å². The molecule has 0 aliphatic carbocycles. The van der Waals surface area contributed by atoms with Gasteiger partial charge in [-0.05, 0) is 32.0 Å². The maximum Gasteiger partial charge on any atom is 0.131 e. The molecule has 0 atom stereocenters. The predicted octanol–water partition coefficient (Wildman–Crippen LogP) is 1.83. The van der Waals surface area contributed by atoms with Crippen LogP contribution in [0.5, 0.6) is 0 Å². The van der Waals surface area contributed by atoms with Gasteiger partial charge in [-0.3, -0.25) is 0 Å². The van der Waals surface area contributed by atoms with Crippen LogP contribution in [0.4, 0.5) is 5.82 Å².